The first kappa shape index (κ1) is 15.5. The van der Waals surface area contributed by atoms with Crippen LogP contribution in [0.3, 0.4) is 0 Å². The van der Waals surface area contributed by atoms with Crippen LogP contribution < -0.4 is 5.49 Å². The van der Waals surface area contributed by atoms with Crippen LogP contribution in [-0.2, 0) is 13.1 Å². The number of fused-ring (bicyclic) bond motifs is 1. The summed E-state index contributed by atoms with van der Waals surface area (Å²) in [4.78, 5) is 8.70. The van der Waals surface area contributed by atoms with Crippen LogP contribution in [0.5, 0.6) is 0 Å². The summed E-state index contributed by atoms with van der Waals surface area (Å²) in [6.45, 7) is 8.02. The van der Waals surface area contributed by atoms with Crippen LogP contribution in [0.4, 0.5) is 0 Å². The number of nitrogens with zero attached hydrogens (tertiary/aromatic N) is 4. The fraction of sp³-hybridized carbons (Fsp3) is 0.389. The molecule has 1 N–H and O–H groups in total. The molecular weight excluding hydrogens is 286 g/mol. The fourth-order valence-corrected chi connectivity index (χ4v) is 2.98. The Morgan fingerprint density at radius 1 is 1.17 bits per heavy atom. The highest BCUT2D eigenvalue weighted by molar-refractivity contribution is 5.80. The second-order valence-corrected chi connectivity index (χ2v) is 5.99. The molecular formula is C18H23N5. The minimum Gasteiger partial charge on any atom is -0.329 e. The van der Waals surface area contributed by atoms with Crippen molar-refractivity contribution in [1.29, 1.82) is 5.41 Å². The van der Waals surface area contributed by atoms with Gasteiger partial charge in [0.2, 0.25) is 0 Å². The summed E-state index contributed by atoms with van der Waals surface area (Å²) < 4.78 is 4.15. The highest BCUT2D eigenvalue weighted by Gasteiger charge is 2.14. The lowest BCUT2D eigenvalue weighted by atomic mass is 10.2. The van der Waals surface area contributed by atoms with Crippen LogP contribution >= 0.6 is 0 Å². The van der Waals surface area contributed by atoms with E-state index in [1.807, 2.05) is 16.7 Å². The molecule has 23 heavy (non-hydrogen) atoms. The first-order chi connectivity index (χ1) is 11.1. The molecule has 120 valence electrons. The van der Waals surface area contributed by atoms with Gasteiger partial charge in [0.1, 0.15) is 11.1 Å². The third-order valence-electron chi connectivity index (χ3n) is 4.48. The van der Waals surface area contributed by atoms with E-state index in [9.17, 15) is 0 Å². The second-order valence-electron chi connectivity index (χ2n) is 5.99. The Morgan fingerprint density at radius 3 is 2.61 bits per heavy atom. The largest absolute Gasteiger partial charge is 0.329 e. The van der Waals surface area contributed by atoms with Crippen molar-refractivity contribution in [2.75, 3.05) is 0 Å². The van der Waals surface area contributed by atoms with Gasteiger partial charge in [0.25, 0.3) is 0 Å². The molecule has 3 aromatic rings. The molecule has 0 aliphatic heterocycles. The highest BCUT2D eigenvalue weighted by Crippen LogP contribution is 2.21. The second kappa shape index (κ2) is 6.36. The molecule has 0 saturated heterocycles. The van der Waals surface area contributed by atoms with Crippen LogP contribution in [0.2, 0.25) is 0 Å². The van der Waals surface area contributed by atoms with E-state index in [0.29, 0.717) is 12.0 Å². The molecule has 5 heteroatoms. The monoisotopic (exact) mass is 309 g/mol. The Labute approximate surface area is 136 Å². The lowest BCUT2D eigenvalue weighted by molar-refractivity contribution is 0.629. The Morgan fingerprint density at radius 2 is 1.91 bits per heavy atom. The van der Waals surface area contributed by atoms with Crippen LogP contribution in [0.25, 0.3) is 11.0 Å². The summed E-state index contributed by atoms with van der Waals surface area (Å²) >= 11 is 0. The molecule has 0 unspecified atom stereocenters. The molecule has 3 aromatic heterocycles. The van der Waals surface area contributed by atoms with E-state index in [0.717, 1.165) is 41.5 Å². The van der Waals surface area contributed by atoms with Crippen molar-refractivity contribution in [3.8, 4) is 0 Å². The average molecular weight is 309 g/mol. The van der Waals surface area contributed by atoms with Gasteiger partial charge in [0.15, 0.2) is 0 Å². The molecule has 0 bridgehead atoms. The summed E-state index contributed by atoms with van der Waals surface area (Å²) in [5.74, 6) is 0. The number of unbranched alkanes of at least 4 members (excludes halogenated alkanes) is 1. The number of aryl methyl sites for hydroxylation is 2. The first-order valence-corrected chi connectivity index (χ1v) is 8.11. The molecule has 0 aliphatic carbocycles. The summed E-state index contributed by atoms with van der Waals surface area (Å²) in [6, 6.07) is 3.95. The molecule has 0 spiro atoms. The molecule has 0 fully saturated rings. The lowest BCUT2D eigenvalue weighted by Gasteiger charge is -2.09. The van der Waals surface area contributed by atoms with Crippen molar-refractivity contribution in [1.82, 2.24) is 19.1 Å². The van der Waals surface area contributed by atoms with E-state index >= 15 is 0 Å². The number of hydrogen-bond acceptors (Lipinski definition) is 3. The average Bonchev–Trinajstić information content (AvgIpc) is 2.81. The Balaban J connectivity index is 2.09. The van der Waals surface area contributed by atoms with E-state index < -0.39 is 0 Å². The number of rotatable bonds is 5. The maximum atomic E-state index is 8.61. The minimum atomic E-state index is 0.530. The molecule has 0 atom stereocenters. The predicted molar refractivity (Wildman–Crippen MR) is 91.3 cm³/mol. The van der Waals surface area contributed by atoms with E-state index in [-0.39, 0.29) is 0 Å². The number of pyridine rings is 1. The molecule has 0 aliphatic rings. The number of hydrogen-bond donors (Lipinski definition) is 1. The standard InChI is InChI=1S/C18H23N5/c1-4-5-10-23-14(3)13(2)16-17(19)22(12-21-18(16)23)11-15-6-8-20-9-7-15/h6-9,12,19H,4-5,10-11H2,1-3H3. The predicted octanol–water partition coefficient (Wildman–Crippen LogP) is 3.18. The van der Waals surface area contributed by atoms with Crippen molar-refractivity contribution >= 4 is 11.0 Å². The smallest absolute Gasteiger partial charge is 0.145 e. The van der Waals surface area contributed by atoms with Crippen molar-refractivity contribution in [2.45, 2.75) is 46.7 Å². The topological polar surface area (TPSA) is 59.5 Å². The zero-order valence-electron chi connectivity index (χ0n) is 14.0. The van der Waals surface area contributed by atoms with Crippen molar-refractivity contribution in [3.05, 3.63) is 53.2 Å². The van der Waals surface area contributed by atoms with Gasteiger partial charge in [-0.25, -0.2) is 4.98 Å². The third kappa shape index (κ3) is 2.79. The molecule has 0 aromatic carbocycles. The van der Waals surface area contributed by atoms with Crippen LogP contribution in [0, 0.1) is 19.3 Å². The van der Waals surface area contributed by atoms with Gasteiger partial charge in [-0.1, -0.05) is 13.3 Å². The molecule has 5 nitrogen and oxygen atoms in total. The summed E-state index contributed by atoms with van der Waals surface area (Å²) in [7, 11) is 0. The van der Waals surface area contributed by atoms with Gasteiger partial charge >= 0.3 is 0 Å². The maximum Gasteiger partial charge on any atom is 0.145 e. The Kier molecular flexibility index (Phi) is 4.28. The van der Waals surface area contributed by atoms with Gasteiger partial charge in [-0.05, 0) is 43.5 Å². The van der Waals surface area contributed by atoms with Gasteiger partial charge in [-0.2, -0.15) is 0 Å². The molecule has 0 saturated carbocycles. The van der Waals surface area contributed by atoms with Crippen LogP contribution in [0.1, 0.15) is 36.6 Å². The van der Waals surface area contributed by atoms with Crippen LogP contribution in [0.15, 0.2) is 30.9 Å². The van der Waals surface area contributed by atoms with Gasteiger partial charge in [-0.3, -0.25) is 10.4 Å². The third-order valence-corrected chi connectivity index (χ3v) is 4.48. The lowest BCUT2D eigenvalue weighted by Crippen LogP contribution is -2.21. The number of aromatic nitrogens is 4. The van der Waals surface area contributed by atoms with Gasteiger partial charge in [-0.15, -0.1) is 0 Å². The Hall–Kier alpha value is -2.43. The van der Waals surface area contributed by atoms with E-state index in [1.165, 1.54) is 5.69 Å². The zero-order valence-corrected chi connectivity index (χ0v) is 14.0. The summed E-state index contributed by atoms with van der Waals surface area (Å²) in [5.41, 5.74) is 4.97. The Bertz CT molecular complexity index is 874. The van der Waals surface area contributed by atoms with Gasteiger partial charge in [0, 0.05) is 24.6 Å². The number of nitrogens with one attached hydrogen (secondary N) is 1. The zero-order chi connectivity index (χ0) is 16.4. The minimum absolute atomic E-state index is 0.530. The highest BCUT2D eigenvalue weighted by atomic mass is 15.1. The SMILES string of the molecule is CCCCn1c(C)c(C)c2c(=N)n(Cc3ccncc3)cnc21. The summed E-state index contributed by atoms with van der Waals surface area (Å²) in [5, 5.41) is 9.58. The van der Waals surface area contributed by atoms with Gasteiger partial charge in [0.05, 0.1) is 18.3 Å². The maximum absolute atomic E-state index is 8.61. The van der Waals surface area contributed by atoms with Gasteiger partial charge < -0.3 is 9.13 Å². The molecule has 3 rings (SSSR count). The normalized spacial score (nSPS) is 11.3. The van der Waals surface area contributed by atoms with E-state index in [1.54, 1.807) is 18.7 Å². The van der Waals surface area contributed by atoms with Crippen LogP contribution in [-0.4, -0.2) is 19.1 Å². The van der Waals surface area contributed by atoms with E-state index in [4.69, 9.17) is 5.41 Å². The molecule has 0 amide bonds. The van der Waals surface area contributed by atoms with Crippen molar-refractivity contribution in [3.63, 3.8) is 0 Å². The quantitative estimate of drug-likeness (QED) is 0.787. The molecule has 3 heterocycles. The fourth-order valence-electron chi connectivity index (χ4n) is 2.98. The van der Waals surface area contributed by atoms with Crippen molar-refractivity contribution in [2.24, 2.45) is 0 Å². The first-order valence-electron chi connectivity index (χ1n) is 8.11. The van der Waals surface area contributed by atoms with Crippen molar-refractivity contribution < 1.29 is 0 Å². The summed E-state index contributed by atoms with van der Waals surface area (Å²) in [6.07, 6.45) is 7.63. The van der Waals surface area contributed by atoms with E-state index in [2.05, 4.69) is 35.3 Å². The molecule has 0 radical (unpaired) electrons.